The molecule has 0 amide bonds. The van der Waals surface area contributed by atoms with Gasteiger partial charge in [-0.25, -0.2) is 4.68 Å². The van der Waals surface area contributed by atoms with Crippen molar-refractivity contribution < 1.29 is 4.74 Å². The average molecular weight is 452 g/mol. The fraction of sp³-hybridized carbons (Fsp3) is 0.591. The van der Waals surface area contributed by atoms with Crippen molar-refractivity contribution in [3.63, 3.8) is 0 Å². The zero-order chi connectivity index (χ0) is 21.9. The molecule has 2 heterocycles. The van der Waals surface area contributed by atoms with E-state index in [0.717, 1.165) is 37.7 Å². The topological polar surface area (TPSA) is 56.1 Å². The van der Waals surface area contributed by atoms with Gasteiger partial charge in [0.25, 0.3) is 0 Å². The Morgan fingerprint density at radius 3 is 2.43 bits per heavy atom. The highest BCUT2D eigenvalue weighted by Gasteiger charge is 2.34. The highest BCUT2D eigenvalue weighted by Crippen LogP contribution is 2.36. The number of tetrazole rings is 1. The summed E-state index contributed by atoms with van der Waals surface area (Å²) in [5.41, 5.74) is 0.810. The molecule has 1 aromatic carbocycles. The molecule has 0 bridgehead atoms. The van der Waals surface area contributed by atoms with Gasteiger partial charge in [0.15, 0.2) is 5.82 Å². The molecule has 3 rings (SSSR count). The second-order valence-electron chi connectivity index (χ2n) is 9.15. The predicted octanol–water partition coefficient (Wildman–Crippen LogP) is 5.31. The molecule has 0 N–H and O–H groups in total. The molecule has 1 saturated heterocycles. The van der Waals surface area contributed by atoms with Crippen molar-refractivity contribution in [1.82, 2.24) is 25.1 Å². The van der Waals surface area contributed by atoms with Crippen LogP contribution in [0.2, 0.25) is 10.0 Å². The molecule has 2 aromatic rings. The summed E-state index contributed by atoms with van der Waals surface area (Å²) in [6.45, 7) is 14.2. The van der Waals surface area contributed by atoms with Crippen molar-refractivity contribution in [2.24, 2.45) is 11.3 Å². The highest BCUT2D eigenvalue weighted by atomic mass is 35.5. The Bertz CT molecular complexity index is 869. The van der Waals surface area contributed by atoms with Gasteiger partial charge >= 0.3 is 0 Å². The molecule has 1 aliphatic heterocycles. The zero-order valence-corrected chi connectivity index (χ0v) is 19.9. The van der Waals surface area contributed by atoms with Crippen LogP contribution in [0.25, 0.3) is 6.08 Å². The Morgan fingerprint density at radius 2 is 1.83 bits per heavy atom. The average Bonchev–Trinajstić information content (AvgIpc) is 3.12. The van der Waals surface area contributed by atoms with E-state index in [0.29, 0.717) is 16.0 Å². The Balaban J connectivity index is 1.98. The molecular formula is C22H31Cl2N5O. The Labute approximate surface area is 189 Å². The van der Waals surface area contributed by atoms with E-state index in [1.807, 2.05) is 22.9 Å². The lowest BCUT2D eigenvalue weighted by molar-refractivity contribution is 0.00148. The second-order valence-corrected chi connectivity index (χ2v) is 10.00. The lowest BCUT2D eigenvalue weighted by atomic mass is 9.85. The van der Waals surface area contributed by atoms with Gasteiger partial charge in [0.2, 0.25) is 0 Å². The Kier molecular flexibility index (Phi) is 7.56. The number of hydrogen-bond acceptors (Lipinski definition) is 5. The third-order valence-electron chi connectivity index (χ3n) is 5.42. The van der Waals surface area contributed by atoms with Crippen molar-refractivity contribution in [3.8, 4) is 0 Å². The normalized spacial score (nSPS) is 18.3. The maximum absolute atomic E-state index is 6.38. The largest absolute Gasteiger partial charge is 0.379 e. The van der Waals surface area contributed by atoms with E-state index in [9.17, 15) is 0 Å². The van der Waals surface area contributed by atoms with Crippen LogP contribution in [0.4, 0.5) is 0 Å². The van der Waals surface area contributed by atoms with E-state index >= 15 is 0 Å². The van der Waals surface area contributed by atoms with E-state index < -0.39 is 0 Å². The van der Waals surface area contributed by atoms with Crippen LogP contribution >= 0.6 is 23.2 Å². The van der Waals surface area contributed by atoms with Gasteiger partial charge < -0.3 is 4.74 Å². The Hall–Kier alpha value is -1.47. The minimum absolute atomic E-state index is 0.0449. The standard InChI is InChI=1S/C22H31Cl2N5O/c1-15(2)20(28-10-12-30-13-11-28)21-25-26-27-29(21)19(22(3,4)5)9-7-16-6-8-17(23)14-18(16)24/h6-9,14-15,19-20H,10-13H2,1-5H3/b9-7-/t19-,20-/m1/s1. The SMILES string of the molecule is CC(C)[C@H](c1nnnn1[C@H](/C=C\c1ccc(Cl)cc1Cl)C(C)(C)C)N1CCOCC1. The number of hydrogen-bond donors (Lipinski definition) is 0. The van der Waals surface area contributed by atoms with Crippen molar-refractivity contribution in [2.75, 3.05) is 26.3 Å². The maximum atomic E-state index is 6.38. The third-order valence-corrected chi connectivity index (χ3v) is 5.99. The van der Waals surface area contributed by atoms with Gasteiger partial charge in [0.1, 0.15) is 0 Å². The molecule has 0 spiro atoms. The quantitative estimate of drug-likeness (QED) is 0.595. The predicted molar refractivity (Wildman–Crippen MR) is 122 cm³/mol. The summed E-state index contributed by atoms with van der Waals surface area (Å²) in [6.07, 6.45) is 4.16. The molecule has 164 valence electrons. The first-order valence-corrected chi connectivity index (χ1v) is 11.2. The smallest absolute Gasteiger partial charge is 0.169 e. The number of allylic oxidation sites excluding steroid dienone is 1. The molecule has 0 aliphatic carbocycles. The van der Waals surface area contributed by atoms with Gasteiger partial charge in [0.05, 0.1) is 25.3 Å². The molecule has 0 radical (unpaired) electrons. The summed E-state index contributed by atoms with van der Waals surface area (Å²) in [5.74, 6) is 1.25. The van der Waals surface area contributed by atoms with Gasteiger partial charge in [-0.3, -0.25) is 4.90 Å². The molecule has 1 aliphatic rings. The van der Waals surface area contributed by atoms with Gasteiger partial charge in [-0.15, -0.1) is 5.10 Å². The van der Waals surface area contributed by atoms with Crippen LogP contribution in [-0.2, 0) is 4.74 Å². The minimum Gasteiger partial charge on any atom is -0.379 e. The van der Waals surface area contributed by atoms with Crippen LogP contribution in [0.15, 0.2) is 24.3 Å². The lowest BCUT2D eigenvalue weighted by Crippen LogP contribution is -2.42. The molecule has 30 heavy (non-hydrogen) atoms. The van der Waals surface area contributed by atoms with E-state index in [1.54, 1.807) is 6.07 Å². The number of ether oxygens (including phenoxy) is 1. The number of aromatic nitrogens is 4. The second kappa shape index (κ2) is 9.77. The highest BCUT2D eigenvalue weighted by molar-refractivity contribution is 6.35. The summed E-state index contributed by atoms with van der Waals surface area (Å²) in [4.78, 5) is 2.43. The van der Waals surface area contributed by atoms with Gasteiger partial charge in [-0.1, -0.05) is 76.0 Å². The van der Waals surface area contributed by atoms with Crippen LogP contribution in [-0.4, -0.2) is 51.4 Å². The monoisotopic (exact) mass is 451 g/mol. The van der Waals surface area contributed by atoms with E-state index in [1.165, 1.54) is 0 Å². The third kappa shape index (κ3) is 5.41. The number of rotatable bonds is 6. The number of morpholine rings is 1. The number of nitrogens with zero attached hydrogens (tertiary/aromatic N) is 5. The van der Waals surface area contributed by atoms with E-state index in [4.69, 9.17) is 27.9 Å². The summed E-state index contributed by atoms with van der Waals surface area (Å²) >= 11 is 12.4. The van der Waals surface area contributed by atoms with Crippen molar-refractivity contribution in [2.45, 2.75) is 46.7 Å². The summed E-state index contributed by atoms with van der Waals surface area (Å²) < 4.78 is 7.53. The molecule has 1 aromatic heterocycles. The first kappa shape index (κ1) is 23.2. The first-order chi connectivity index (χ1) is 14.2. The van der Waals surface area contributed by atoms with Crippen LogP contribution in [0.1, 0.15) is 58.1 Å². The lowest BCUT2D eigenvalue weighted by Gasteiger charge is -2.37. The fourth-order valence-corrected chi connectivity index (χ4v) is 4.37. The fourth-order valence-electron chi connectivity index (χ4n) is 3.90. The molecule has 0 unspecified atom stereocenters. The molecular weight excluding hydrogens is 421 g/mol. The number of halogens is 2. The maximum Gasteiger partial charge on any atom is 0.169 e. The van der Waals surface area contributed by atoms with Crippen molar-refractivity contribution >= 4 is 29.3 Å². The first-order valence-electron chi connectivity index (χ1n) is 10.4. The van der Waals surface area contributed by atoms with Crippen molar-refractivity contribution in [3.05, 3.63) is 45.7 Å². The van der Waals surface area contributed by atoms with Crippen molar-refractivity contribution in [1.29, 1.82) is 0 Å². The van der Waals surface area contributed by atoms with Gasteiger partial charge in [0, 0.05) is 23.1 Å². The van der Waals surface area contributed by atoms with Crippen LogP contribution < -0.4 is 0 Å². The van der Waals surface area contributed by atoms with Crippen LogP contribution in [0, 0.1) is 11.3 Å². The molecule has 2 atom stereocenters. The summed E-state index contributed by atoms with van der Waals surface area (Å²) in [5, 5.41) is 14.2. The van der Waals surface area contributed by atoms with E-state index in [-0.39, 0.29) is 17.5 Å². The summed E-state index contributed by atoms with van der Waals surface area (Å²) in [7, 11) is 0. The zero-order valence-electron chi connectivity index (χ0n) is 18.3. The van der Waals surface area contributed by atoms with E-state index in [2.05, 4.69) is 61.1 Å². The number of benzene rings is 1. The Morgan fingerprint density at radius 1 is 1.13 bits per heavy atom. The molecule has 1 fully saturated rings. The van der Waals surface area contributed by atoms with Gasteiger partial charge in [-0.05, 0) is 39.5 Å². The summed E-state index contributed by atoms with van der Waals surface area (Å²) in [6, 6.07) is 5.60. The molecule has 0 saturated carbocycles. The van der Waals surface area contributed by atoms with Gasteiger partial charge in [-0.2, -0.15) is 0 Å². The molecule has 6 nitrogen and oxygen atoms in total. The minimum atomic E-state index is -0.105. The van der Waals surface area contributed by atoms with Crippen LogP contribution in [0.3, 0.4) is 0 Å². The van der Waals surface area contributed by atoms with Crippen LogP contribution in [0.5, 0.6) is 0 Å². The molecule has 8 heteroatoms.